The highest BCUT2D eigenvalue weighted by molar-refractivity contribution is 7.11. The van der Waals surface area contributed by atoms with Crippen LogP contribution < -0.4 is 4.87 Å². The van der Waals surface area contributed by atoms with Crippen LogP contribution in [0.3, 0.4) is 0 Å². The lowest BCUT2D eigenvalue weighted by atomic mass is 10.2. The van der Waals surface area contributed by atoms with Crippen molar-refractivity contribution in [1.82, 2.24) is 4.98 Å². The second kappa shape index (κ2) is 3.45. The number of aromatic amines is 1. The minimum absolute atomic E-state index is 0.252. The normalized spacial score (nSPS) is 11.6. The fourth-order valence-electron chi connectivity index (χ4n) is 0.857. The zero-order valence-corrected chi connectivity index (χ0v) is 7.33. The second-order valence-electron chi connectivity index (χ2n) is 2.42. The highest BCUT2D eigenvalue weighted by atomic mass is 32.1. The molecule has 0 radical (unpaired) electrons. The van der Waals surface area contributed by atoms with Crippen LogP contribution in [-0.4, -0.2) is 22.2 Å². The van der Waals surface area contributed by atoms with Crippen molar-refractivity contribution in [3.8, 4) is 0 Å². The number of carbonyl (C=O) groups is 1. The van der Waals surface area contributed by atoms with Gasteiger partial charge in [0.05, 0.1) is 12.1 Å². The van der Waals surface area contributed by atoms with Crippen molar-refractivity contribution in [2.75, 3.05) is 0 Å². The van der Waals surface area contributed by atoms with E-state index in [2.05, 4.69) is 0 Å². The van der Waals surface area contributed by atoms with Crippen LogP contribution in [0.1, 0.15) is 15.4 Å². The van der Waals surface area contributed by atoms with Gasteiger partial charge in [0, 0.05) is 0 Å². The number of hydrogen-bond donors (Lipinski definition) is 2. The van der Waals surface area contributed by atoms with Crippen molar-refractivity contribution >= 4 is 17.3 Å². The molecule has 2 N–H and O–H groups in total. The van der Waals surface area contributed by atoms with E-state index >= 15 is 0 Å². The van der Waals surface area contributed by atoms with E-state index in [1.807, 2.05) is 4.98 Å². The molecule has 0 aliphatic carbocycles. The van der Waals surface area contributed by atoms with Crippen LogP contribution >= 0.6 is 11.3 Å². The molecule has 1 aromatic rings. The summed E-state index contributed by atoms with van der Waals surface area (Å²) in [5.74, 6) is -1.53. The van der Waals surface area contributed by atoms with E-state index in [4.69, 9.17) is 5.11 Å². The molecular formula is C6H4F3NO3S. The molecule has 14 heavy (non-hydrogen) atoms. The highest BCUT2D eigenvalue weighted by Gasteiger charge is 2.31. The number of alkyl halides is 3. The van der Waals surface area contributed by atoms with E-state index in [-0.39, 0.29) is 11.3 Å². The number of rotatable bonds is 2. The van der Waals surface area contributed by atoms with Crippen LogP contribution in [0, 0.1) is 0 Å². The predicted molar refractivity (Wildman–Crippen MR) is 41.7 cm³/mol. The molecular weight excluding hydrogens is 223 g/mol. The third-order valence-corrected chi connectivity index (χ3v) is 2.21. The Bertz CT molecular complexity index is 405. The highest BCUT2D eigenvalue weighted by Crippen LogP contribution is 2.22. The second-order valence-corrected chi connectivity index (χ2v) is 3.40. The van der Waals surface area contributed by atoms with Gasteiger partial charge >= 0.3 is 17.0 Å². The van der Waals surface area contributed by atoms with Crippen LogP contribution in [0.2, 0.25) is 0 Å². The van der Waals surface area contributed by atoms with Gasteiger partial charge in [-0.1, -0.05) is 11.3 Å². The molecule has 4 nitrogen and oxygen atoms in total. The number of aromatic nitrogens is 1. The monoisotopic (exact) mass is 227 g/mol. The molecule has 0 aromatic carbocycles. The largest absolute Gasteiger partial charge is 0.477 e. The third-order valence-electron chi connectivity index (χ3n) is 1.29. The standard InChI is InChI=1S/C6H4F3NO3S/c7-6(8,9)1-2-3(4(11)12)14-5(13)10-2/h1H2,(H,10,13)(H,11,12). The van der Waals surface area contributed by atoms with E-state index in [0.717, 1.165) is 0 Å². The van der Waals surface area contributed by atoms with Gasteiger partial charge in [0.1, 0.15) is 4.88 Å². The van der Waals surface area contributed by atoms with Gasteiger partial charge in [-0.2, -0.15) is 13.2 Å². The fourth-order valence-corrected chi connectivity index (χ4v) is 1.55. The van der Waals surface area contributed by atoms with E-state index in [9.17, 15) is 22.8 Å². The molecule has 0 amide bonds. The van der Waals surface area contributed by atoms with Crippen LogP contribution in [-0.2, 0) is 6.42 Å². The number of carboxylic acids is 1. The molecule has 1 heterocycles. The average molecular weight is 227 g/mol. The summed E-state index contributed by atoms with van der Waals surface area (Å²) in [6.45, 7) is 0. The van der Waals surface area contributed by atoms with Crippen molar-refractivity contribution in [2.24, 2.45) is 0 Å². The Hall–Kier alpha value is -1.31. The van der Waals surface area contributed by atoms with Gasteiger partial charge in [-0.15, -0.1) is 0 Å². The molecule has 0 atom stereocenters. The molecule has 0 saturated heterocycles. The van der Waals surface area contributed by atoms with Crippen molar-refractivity contribution in [3.63, 3.8) is 0 Å². The number of hydrogen-bond acceptors (Lipinski definition) is 3. The number of H-pyrrole nitrogens is 1. The Kier molecular flexibility index (Phi) is 2.65. The van der Waals surface area contributed by atoms with Crippen molar-refractivity contribution < 1.29 is 23.1 Å². The smallest absolute Gasteiger partial charge is 0.394 e. The van der Waals surface area contributed by atoms with E-state index in [1.165, 1.54) is 0 Å². The molecule has 0 aliphatic heterocycles. The predicted octanol–water partition coefficient (Wildman–Crippen LogP) is 1.24. The summed E-state index contributed by atoms with van der Waals surface area (Å²) in [4.78, 5) is 21.5. The fraction of sp³-hybridized carbons (Fsp3) is 0.333. The molecule has 78 valence electrons. The number of thiazole rings is 1. The molecule has 0 saturated carbocycles. The maximum absolute atomic E-state index is 11.9. The van der Waals surface area contributed by atoms with Gasteiger partial charge in [-0.05, 0) is 0 Å². The maximum atomic E-state index is 11.9. The van der Waals surface area contributed by atoms with E-state index < -0.39 is 34.0 Å². The van der Waals surface area contributed by atoms with Gasteiger partial charge in [-0.25, -0.2) is 4.79 Å². The Morgan fingerprint density at radius 2 is 2.07 bits per heavy atom. The van der Waals surface area contributed by atoms with Crippen molar-refractivity contribution in [2.45, 2.75) is 12.6 Å². The van der Waals surface area contributed by atoms with Crippen molar-refractivity contribution in [3.05, 3.63) is 20.2 Å². The first-order valence-corrected chi connectivity index (χ1v) is 4.13. The molecule has 8 heteroatoms. The molecule has 1 aromatic heterocycles. The number of carboxylic acid groups (broad SMARTS) is 1. The zero-order chi connectivity index (χ0) is 10.9. The number of halogens is 3. The Balaban J connectivity index is 3.08. The SMILES string of the molecule is O=C(O)c1sc(=O)[nH]c1CC(F)(F)F. The summed E-state index contributed by atoms with van der Waals surface area (Å²) in [5.41, 5.74) is -0.597. The zero-order valence-electron chi connectivity index (χ0n) is 6.51. The molecule has 0 unspecified atom stereocenters. The maximum Gasteiger partial charge on any atom is 0.394 e. The average Bonchev–Trinajstić information content (AvgIpc) is 2.27. The molecule has 0 bridgehead atoms. The van der Waals surface area contributed by atoms with Crippen molar-refractivity contribution in [1.29, 1.82) is 0 Å². The summed E-state index contributed by atoms with van der Waals surface area (Å²) < 4.78 is 35.7. The summed E-state index contributed by atoms with van der Waals surface area (Å²) >= 11 is 0.252. The van der Waals surface area contributed by atoms with Crippen LogP contribution in [0.4, 0.5) is 13.2 Å². The van der Waals surface area contributed by atoms with Gasteiger partial charge < -0.3 is 10.1 Å². The van der Waals surface area contributed by atoms with Crippen LogP contribution in [0.25, 0.3) is 0 Å². The Morgan fingerprint density at radius 3 is 2.50 bits per heavy atom. The first kappa shape index (κ1) is 10.8. The molecule has 0 aliphatic rings. The number of nitrogens with one attached hydrogen (secondary N) is 1. The van der Waals surface area contributed by atoms with E-state index in [0.29, 0.717) is 0 Å². The first-order chi connectivity index (χ1) is 6.29. The molecule has 0 fully saturated rings. The summed E-state index contributed by atoms with van der Waals surface area (Å²) in [6.07, 6.45) is -5.97. The minimum atomic E-state index is -4.53. The Morgan fingerprint density at radius 1 is 1.50 bits per heavy atom. The topological polar surface area (TPSA) is 70.2 Å². The quantitative estimate of drug-likeness (QED) is 0.798. The Labute approximate surface area is 79.0 Å². The number of aromatic carboxylic acids is 1. The summed E-state index contributed by atoms with van der Waals surface area (Å²) in [7, 11) is 0. The molecule has 1 rings (SSSR count). The van der Waals surface area contributed by atoms with Gasteiger partial charge in [-0.3, -0.25) is 4.79 Å². The third kappa shape index (κ3) is 2.59. The minimum Gasteiger partial charge on any atom is -0.477 e. The van der Waals surface area contributed by atoms with Gasteiger partial charge in [0.25, 0.3) is 0 Å². The lowest BCUT2D eigenvalue weighted by Crippen LogP contribution is -2.15. The van der Waals surface area contributed by atoms with Crippen LogP contribution in [0.15, 0.2) is 4.79 Å². The lowest BCUT2D eigenvalue weighted by molar-refractivity contribution is -0.127. The first-order valence-electron chi connectivity index (χ1n) is 3.31. The van der Waals surface area contributed by atoms with E-state index in [1.54, 1.807) is 0 Å². The lowest BCUT2D eigenvalue weighted by Gasteiger charge is -2.03. The van der Waals surface area contributed by atoms with Crippen LogP contribution in [0.5, 0.6) is 0 Å². The van der Waals surface area contributed by atoms with Gasteiger partial charge in [0.15, 0.2) is 0 Å². The van der Waals surface area contributed by atoms with Gasteiger partial charge in [0.2, 0.25) is 0 Å². The summed E-state index contributed by atoms with van der Waals surface area (Å²) in [5, 5.41) is 8.46. The molecule has 0 spiro atoms. The summed E-state index contributed by atoms with van der Waals surface area (Å²) in [6, 6.07) is 0.